The van der Waals surface area contributed by atoms with Crippen LogP contribution in [0.5, 0.6) is 0 Å². The SMILES string of the molecule is O=[N+]([O-])c1ccc(/C=N\NC(=S)Nc2cccc(Br)c2)o1. The van der Waals surface area contributed by atoms with Gasteiger partial charge in [-0.3, -0.25) is 15.5 Å². The Labute approximate surface area is 133 Å². The predicted octanol–water partition coefficient (Wildman–Crippen LogP) is 3.27. The van der Waals surface area contributed by atoms with E-state index in [1.54, 1.807) is 0 Å². The molecular weight excluding hydrogens is 360 g/mol. The van der Waals surface area contributed by atoms with Crippen LogP contribution in [-0.2, 0) is 0 Å². The summed E-state index contributed by atoms with van der Waals surface area (Å²) in [5, 5.41) is 17.5. The van der Waals surface area contributed by atoms with Crippen LogP contribution in [0, 0.1) is 10.1 Å². The number of nitrogens with zero attached hydrogens (tertiary/aromatic N) is 2. The molecule has 108 valence electrons. The normalized spacial score (nSPS) is 10.5. The molecule has 0 aliphatic carbocycles. The lowest BCUT2D eigenvalue weighted by atomic mass is 10.3. The van der Waals surface area contributed by atoms with Gasteiger partial charge in [-0.25, -0.2) is 0 Å². The Bertz CT molecular complexity index is 701. The summed E-state index contributed by atoms with van der Waals surface area (Å²) in [5.74, 6) is -0.0919. The topological polar surface area (TPSA) is 92.7 Å². The Morgan fingerprint density at radius 1 is 1.43 bits per heavy atom. The van der Waals surface area contributed by atoms with Crippen LogP contribution in [-0.4, -0.2) is 16.3 Å². The molecule has 0 atom stereocenters. The number of benzene rings is 1. The molecule has 1 aromatic carbocycles. The van der Waals surface area contributed by atoms with E-state index in [0.29, 0.717) is 0 Å². The lowest BCUT2D eigenvalue weighted by molar-refractivity contribution is -0.402. The summed E-state index contributed by atoms with van der Waals surface area (Å²) in [6, 6.07) is 10.1. The minimum absolute atomic E-state index is 0.249. The number of hydrazone groups is 1. The van der Waals surface area contributed by atoms with Gasteiger partial charge in [0, 0.05) is 10.2 Å². The minimum atomic E-state index is -0.621. The highest BCUT2D eigenvalue weighted by atomic mass is 79.9. The molecule has 0 amide bonds. The molecule has 0 aliphatic heterocycles. The second-order valence-corrected chi connectivity index (χ2v) is 5.09. The molecule has 0 saturated heterocycles. The van der Waals surface area contributed by atoms with Gasteiger partial charge in [0.05, 0.1) is 12.3 Å². The van der Waals surface area contributed by atoms with Crippen molar-refractivity contribution in [3.8, 4) is 0 Å². The summed E-state index contributed by atoms with van der Waals surface area (Å²) in [4.78, 5) is 9.82. The maximum atomic E-state index is 10.4. The smallest absolute Gasteiger partial charge is 0.400 e. The number of furan rings is 1. The fourth-order valence-corrected chi connectivity index (χ4v) is 1.96. The van der Waals surface area contributed by atoms with Crippen molar-refractivity contribution in [2.24, 2.45) is 5.10 Å². The molecule has 0 aliphatic rings. The first-order valence-electron chi connectivity index (χ1n) is 5.64. The molecule has 7 nitrogen and oxygen atoms in total. The van der Waals surface area contributed by atoms with Crippen LogP contribution in [0.1, 0.15) is 5.76 Å². The number of hydrogen-bond donors (Lipinski definition) is 2. The Balaban J connectivity index is 1.88. The van der Waals surface area contributed by atoms with Gasteiger partial charge in [0.2, 0.25) is 0 Å². The Kier molecular flexibility index (Phi) is 5.01. The van der Waals surface area contributed by atoms with Gasteiger partial charge in [0.1, 0.15) is 4.92 Å². The van der Waals surface area contributed by atoms with Crippen molar-refractivity contribution in [2.45, 2.75) is 0 Å². The van der Waals surface area contributed by atoms with Crippen LogP contribution in [0.4, 0.5) is 11.6 Å². The molecule has 21 heavy (non-hydrogen) atoms. The summed E-state index contributed by atoms with van der Waals surface area (Å²) in [6.07, 6.45) is 1.29. The minimum Gasteiger partial charge on any atom is -0.400 e. The first-order chi connectivity index (χ1) is 10.0. The van der Waals surface area contributed by atoms with E-state index in [2.05, 4.69) is 31.8 Å². The van der Waals surface area contributed by atoms with Gasteiger partial charge in [-0.15, -0.1) is 0 Å². The molecule has 0 saturated carbocycles. The van der Waals surface area contributed by atoms with E-state index in [0.717, 1.165) is 10.2 Å². The zero-order chi connectivity index (χ0) is 15.2. The Hall–Kier alpha value is -2.26. The van der Waals surface area contributed by atoms with E-state index in [1.807, 2.05) is 24.3 Å². The van der Waals surface area contributed by atoms with E-state index < -0.39 is 4.92 Å². The highest BCUT2D eigenvalue weighted by molar-refractivity contribution is 9.10. The number of nitro groups is 1. The third-order valence-electron chi connectivity index (χ3n) is 2.23. The van der Waals surface area contributed by atoms with E-state index >= 15 is 0 Å². The van der Waals surface area contributed by atoms with Crippen molar-refractivity contribution in [1.29, 1.82) is 0 Å². The largest absolute Gasteiger partial charge is 0.433 e. The van der Waals surface area contributed by atoms with Gasteiger partial charge in [-0.05, 0) is 36.5 Å². The number of rotatable bonds is 4. The molecule has 0 radical (unpaired) electrons. The quantitative estimate of drug-likeness (QED) is 0.372. The van der Waals surface area contributed by atoms with Crippen molar-refractivity contribution in [3.63, 3.8) is 0 Å². The van der Waals surface area contributed by atoms with Crippen molar-refractivity contribution < 1.29 is 9.34 Å². The zero-order valence-corrected chi connectivity index (χ0v) is 12.8. The molecule has 9 heteroatoms. The fraction of sp³-hybridized carbons (Fsp3) is 0. The third-order valence-corrected chi connectivity index (χ3v) is 2.92. The number of anilines is 1. The molecule has 2 N–H and O–H groups in total. The second-order valence-electron chi connectivity index (χ2n) is 3.77. The average molecular weight is 369 g/mol. The molecule has 2 aromatic rings. The van der Waals surface area contributed by atoms with Gasteiger partial charge < -0.3 is 9.73 Å². The summed E-state index contributed by atoms with van der Waals surface area (Å²) in [5.41, 5.74) is 3.38. The molecule has 0 unspecified atom stereocenters. The van der Waals surface area contributed by atoms with E-state index in [9.17, 15) is 10.1 Å². The number of hydrogen-bond acceptors (Lipinski definition) is 5. The van der Waals surface area contributed by atoms with Crippen LogP contribution in [0.15, 0.2) is 50.4 Å². The van der Waals surface area contributed by atoms with Gasteiger partial charge in [0.25, 0.3) is 0 Å². The monoisotopic (exact) mass is 368 g/mol. The van der Waals surface area contributed by atoms with Crippen LogP contribution in [0.25, 0.3) is 0 Å². The molecule has 1 aromatic heterocycles. The van der Waals surface area contributed by atoms with Crippen LogP contribution in [0.2, 0.25) is 0 Å². The fourth-order valence-electron chi connectivity index (χ4n) is 1.39. The third kappa shape index (κ3) is 4.65. The Morgan fingerprint density at radius 2 is 2.24 bits per heavy atom. The first kappa shape index (κ1) is 15.1. The van der Waals surface area contributed by atoms with Crippen molar-refractivity contribution >= 4 is 51.0 Å². The van der Waals surface area contributed by atoms with E-state index in [1.165, 1.54) is 18.3 Å². The standard InChI is InChI=1S/C12H9BrN4O3S/c13-8-2-1-3-9(6-8)15-12(21)16-14-7-10-4-5-11(20-10)17(18)19/h1-7H,(H2,15,16,21)/b14-7-. The first-order valence-corrected chi connectivity index (χ1v) is 6.84. The molecule has 0 spiro atoms. The summed E-state index contributed by atoms with van der Waals surface area (Å²) in [7, 11) is 0. The molecular formula is C12H9BrN4O3S. The van der Waals surface area contributed by atoms with Crippen molar-refractivity contribution in [1.82, 2.24) is 5.43 Å². The summed E-state index contributed by atoms with van der Waals surface area (Å²) in [6.45, 7) is 0. The van der Waals surface area contributed by atoms with E-state index in [-0.39, 0.29) is 16.8 Å². The van der Waals surface area contributed by atoms with Crippen molar-refractivity contribution in [3.05, 3.63) is 56.7 Å². The maximum Gasteiger partial charge on any atom is 0.433 e. The molecule has 1 heterocycles. The number of nitrogens with one attached hydrogen (secondary N) is 2. The Morgan fingerprint density at radius 3 is 2.90 bits per heavy atom. The summed E-state index contributed by atoms with van der Waals surface area (Å²) < 4.78 is 5.82. The molecule has 0 fully saturated rings. The van der Waals surface area contributed by atoms with Gasteiger partial charge in [-0.1, -0.05) is 22.0 Å². The summed E-state index contributed by atoms with van der Waals surface area (Å²) >= 11 is 8.40. The zero-order valence-electron chi connectivity index (χ0n) is 10.4. The van der Waals surface area contributed by atoms with Crippen LogP contribution < -0.4 is 10.7 Å². The van der Waals surface area contributed by atoms with Gasteiger partial charge >= 0.3 is 5.88 Å². The molecule has 0 bridgehead atoms. The number of halogens is 1. The maximum absolute atomic E-state index is 10.4. The van der Waals surface area contributed by atoms with Gasteiger partial charge in [0.15, 0.2) is 10.9 Å². The van der Waals surface area contributed by atoms with Crippen LogP contribution >= 0.6 is 28.1 Å². The lowest BCUT2D eigenvalue weighted by Gasteiger charge is -2.06. The molecule has 2 rings (SSSR count). The van der Waals surface area contributed by atoms with E-state index in [4.69, 9.17) is 16.6 Å². The number of thiocarbonyl (C=S) groups is 1. The highest BCUT2D eigenvalue weighted by Crippen LogP contribution is 2.15. The van der Waals surface area contributed by atoms with Crippen LogP contribution in [0.3, 0.4) is 0 Å². The average Bonchev–Trinajstić information content (AvgIpc) is 2.87. The second kappa shape index (κ2) is 6.95. The lowest BCUT2D eigenvalue weighted by Crippen LogP contribution is -2.23. The van der Waals surface area contributed by atoms with Gasteiger partial charge in [-0.2, -0.15) is 5.10 Å². The predicted molar refractivity (Wildman–Crippen MR) is 86.5 cm³/mol. The van der Waals surface area contributed by atoms with Crippen molar-refractivity contribution in [2.75, 3.05) is 5.32 Å². The highest BCUT2D eigenvalue weighted by Gasteiger charge is 2.10.